The molecule has 0 aliphatic rings. The van der Waals surface area contributed by atoms with Crippen LogP contribution in [-0.2, 0) is 0 Å². The van der Waals surface area contributed by atoms with Crippen LogP contribution in [0.4, 0.5) is 0 Å². The molecule has 3 aromatic carbocycles. The summed E-state index contributed by atoms with van der Waals surface area (Å²) in [6.45, 7) is 0. The molecule has 0 aliphatic carbocycles. The summed E-state index contributed by atoms with van der Waals surface area (Å²) < 4.78 is 4.59. The van der Waals surface area contributed by atoms with Crippen molar-refractivity contribution < 1.29 is 0 Å². The van der Waals surface area contributed by atoms with E-state index < -0.39 is 19.8 Å². The zero-order chi connectivity index (χ0) is 12.9. The van der Waals surface area contributed by atoms with Crippen molar-refractivity contribution >= 4 is 47.5 Å². The van der Waals surface area contributed by atoms with E-state index in [9.17, 15) is 0 Å². The Morgan fingerprint density at radius 3 is 0.900 bits per heavy atom. The molecule has 0 spiro atoms. The summed E-state index contributed by atoms with van der Waals surface area (Å²) in [6, 6.07) is 32.9. The second kappa shape index (κ2) is 7.65. The first-order valence-electron chi connectivity index (χ1n) is 6.48. The van der Waals surface area contributed by atoms with Crippen LogP contribution in [0.15, 0.2) is 91.0 Å². The zero-order valence-electron chi connectivity index (χ0n) is 11.1. The third-order valence-electron chi connectivity index (χ3n) is 3.19. The maximum atomic E-state index is 2.29. The van der Waals surface area contributed by atoms with E-state index in [4.69, 9.17) is 0 Å². The number of benzene rings is 3. The van der Waals surface area contributed by atoms with Crippen molar-refractivity contribution in [2.45, 2.75) is 0 Å². The van der Waals surface area contributed by atoms with Crippen molar-refractivity contribution in [3.05, 3.63) is 91.0 Å². The normalized spacial score (nSPS) is 10.1. The van der Waals surface area contributed by atoms with Gasteiger partial charge in [-0.2, -0.15) is 0 Å². The molecule has 3 aromatic rings. The number of rotatable bonds is 3. The molecule has 0 saturated heterocycles. The number of halogens is 1. The molecular formula is C18H16BrSn. The van der Waals surface area contributed by atoms with Crippen LogP contribution in [0.1, 0.15) is 0 Å². The van der Waals surface area contributed by atoms with Crippen LogP contribution in [0.25, 0.3) is 0 Å². The Morgan fingerprint density at radius 1 is 0.400 bits per heavy atom. The van der Waals surface area contributed by atoms with Crippen LogP contribution in [0, 0.1) is 0 Å². The molecule has 20 heavy (non-hydrogen) atoms. The predicted octanol–water partition coefficient (Wildman–Crippen LogP) is 2.78. The van der Waals surface area contributed by atoms with Gasteiger partial charge in [0, 0.05) is 0 Å². The fourth-order valence-corrected chi connectivity index (χ4v) is 9.67. The van der Waals surface area contributed by atoms with E-state index in [1.54, 1.807) is 0 Å². The second-order valence-corrected chi connectivity index (χ2v) is 11.6. The van der Waals surface area contributed by atoms with Gasteiger partial charge in [0.25, 0.3) is 0 Å². The van der Waals surface area contributed by atoms with Crippen LogP contribution in [0.5, 0.6) is 0 Å². The van der Waals surface area contributed by atoms with Crippen LogP contribution in [0.3, 0.4) is 0 Å². The van der Waals surface area contributed by atoms with Crippen molar-refractivity contribution in [2.24, 2.45) is 0 Å². The molecule has 0 unspecified atom stereocenters. The number of hydrogen-bond donors (Lipinski definition) is 0. The van der Waals surface area contributed by atoms with Crippen LogP contribution in [-0.4, -0.2) is 19.8 Å². The van der Waals surface area contributed by atoms with Gasteiger partial charge < -0.3 is 0 Å². The molecule has 0 aliphatic heterocycles. The Labute approximate surface area is 138 Å². The molecule has 0 saturated carbocycles. The van der Waals surface area contributed by atoms with Crippen LogP contribution < -0.4 is 10.7 Å². The molecule has 2 heteroatoms. The van der Waals surface area contributed by atoms with E-state index in [-0.39, 0.29) is 17.0 Å². The standard InChI is InChI=1S/3C6H5.BrH.Sn/c3*1-2-4-6-5-3-1;;/h3*1-5H;1H;. The summed E-state index contributed by atoms with van der Waals surface area (Å²) in [6.07, 6.45) is 0. The molecule has 3 rings (SSSR count). The molecular weight excluding hydrogens is 415 g/mol. The average Bonchev–Trinajstić information content (AvgIpc) is 2.51. The first-order valence-corrected chi connectivity index (χ1v) is 10.8. The minimum atomic E-state index is -1.98. The quantitative estimate of drug-likeness (QED) is 0.560. The van der Waals surface area contributed by atoms with Gasteiger partial charge in [0.05, 0.1) is 0 Å². The van der Waals surface area contributed by atoms with Crippen molar-refractivity contribution in [3.63, 3.8) is 0 Å². The van der Waals surface area contributed by atoms with Crippen molar-refractivity contribution in [2.75, 3.05) is 0 Å². The zero-order valence-corrected chi connectivity index (χ0v) is 15.6. The Hall–Kier alpha value is -1.06. The molecule has 0 heterocycles. The van der Waals surface area contributed by atoms with Gasteiger partial charge >= 0.3 is 121 Å². The van der Waals surface area contributed by atoms with Gasteiger partial charge in [0.15, 0.2) is 0 Å². The second-order valence-electron chi connectivity index (χ2n) is 4.47. The fraction of sp³-hybridized carbons (Fsp3) is 0. The van der Waals surface area contributed by atoms with Crippen molar-refractivity contribution in [3.8, 4) is 0 Å². The fourth-order valence-electron chi connectivity index (χ4n) is 2.31. The summed E-state index contributed by atoms with van der Waals surface area (Å²) >= 11 is -1.98. The predicted molar refractivity (Wildman–Crippen MR) is 94.3 cm³/mol. The molecule has 1 radical (unpaired) electrons. The van der Waals surface area contributed by atoms with Crippen molar-refractivity contribution in [1.29, 1.82) is 0 Å². The summed E-state index contributed by atoms with van der Waals surface area (Å²) in [5, 5.41) is 0. The Kier molecular flexibility index (Phi) is 5.86. The van der Waals surface area contributed by atoms with Crippen molar-refractivity contribution in [1.82, 2.24) is 0 Å². The van der Waals surface area contributed by atoms with Gasteiger partial charge in [0.1, 0.15) is 0 Å². The molecule has 0 amide bonds. The Bertz CT molecular complexity index is 529. The first kappa shape index (κ1) is 15.3. The summed E-state index contributed by atoms with van der Waals surface area (Å²) in [7, 11) is 0. The molecule has 0 fully saturated rings. The third-order valence-corrected chi connectivity index (χ3v) is 11.0. The van der Waals surface area contributed by atoms with E-state index >= 15 is 0 Å². The number of hydrogen-bond acceptors (Lipinski definition) is 0. The van der Waals surface area contributed by atoms with Gasteiger partial charge in [-0.3, -0.25) is 0 Å². The van der Waals surface area contributed by atoms with Gasteiger partial charge in [-0.05, 0) is 0 Å². The van der Waals surface area contributed by atoms with E-state index in [1.807, 2.05) is 0 Å². The average molecular weight is 431 g/mol. The molecule has 99 valence electrons. The van der Waals surface area contributed by atoms with E-state index in [1.165, 1.54) is 10.7 Å². The molecule has 0 atom stereocenters. The summed E-state index contributed by atoms with van der Waals surface area (Å²) in [4.78, 5) is 0. The van der Waals surface area contributed by atoms with Gasteiger partial charge in [-0.25, -0.2) is 0 Å². The summed E-state index contributed by atoms with van der Waals surface area (Å²) in [5.41, 5.74) is 0. The van der Waals surface area contributed by atoms with E-state index in [2.05, 4.69) is 91.0 Å². The van der Waals surface area contributed by atoms with Gasteiger partial charge in [-0.15, -0.1) is 17.0 Å². The minimum absolute atomic E-state index is 0. The van der Waals surface area contributed by atoms with Crippen LogP contribution >= 0.6 is 17.0 Å². The molecule has 0 bridgehead atoms. The van der Waals surface area contributed by atoms with Crippen LogP contribution in [0.2, 0.25) is 0 Å². The maximum absolute atomic E-state index is 2.29. The topological polar surface area (TPSA) is 0 Å². The summed E-state index contributed by atoms with van der Waals surface area (Å²) in [5.74, 6) is 0. The molecule has 0 aromatic heterocycles. The molecule has 0 nitrogen and oxygen atoms in total. The third kappa shape index (κ3) is 3.53. The monoisotopic (exact) mass is 431 g/mol. The van der Waals surface area contributed by atoms with Gasteiger partial charge in [-0.1, -0.05) is 0 Å². The van der Waals surface area contributed by atoms with Gasteiger partial charge in [0.2, 0.25) is 0 Å². The molecule has 0 N–H and O–H groups in total. The first-order chi connectivity index (χ1) is 9.45. The SMILES string of the molecule is Br.c1cc[c]([Sn]([c]2ccccc2)[c]2ccccc2)cc1. The van der Waals surface area contributed by atoms with E-state index in [0.29, 0.717) is 0 Å². The van der Waals surface area contributed by atoms with E-state index in [0.717, 1.165) is 0 Å². The Balaban J connectivity index is 0.00000147. The Morgan fingerprint density at radius 2 is 0.650 bits per heavy atom.